The van der Waals surface area contributed by atoms with E-state index in [1.54, 1.807) is 0 Å². The molecule has 0 bridgehead atoms. The summed E-state index contributed by atoms with van der Waals surface area (Å²) in [6.45, 7) is 8.21. The van der Waals surface area contributed by atoms with Crippen LogP contribution in [0.4, 0.5) is 0 Å². The summed E-state index contributed by atoms with van der Waals surface area (Å²) in [6, 6.07) is 6.66. The first-order valence-corrected chi connectivity index (χ1v) is 6.65. The van der Waals surface area contributed by atoms with E-state index in [4.69, 9.17) is 23.2 Å². The van der Waals surface area contributed by atoms with Crippen LogP contribution in [0.1, 0.15) is 26.3 Å². The van der Waals surface area contributed by atoms with Gasteiger partial charge in [-0.2, -0.15) is 0 Å². The molecule has 0 saturated carbocycles. The third-order valence-corrected chi connectivity index (χ3v) is 3.21. The maximum Gasteiger partial charge on any atom is 0.0595 e. The molecule has 0 fully saturated rings. The van der Waals surface area contributed by atoms with E-state index in [-0.39, 0.29) is 0 Å². The Labute approximate surface area is 114 Å². The van der Waals surface area contributed by atoms with Gasteiger partial charge in [0, 0.05) is 25.2 Å². The Morgan fingerprint density at radius 3 is 2.35 bits per heavy atom. The lowest BCUT2D eigenvalue weighted by Crippen LogP contribution is -2.38. The van der Waals surface area contributed by atoms with Crippen molar-refractivity contribution >= 4 is 23.2 Å². The van der Waals surface area contributed by atoms with Crippen LogP contribution in [0, 0.1) is 0 Å². The van der Waals surface area contributed by atoms with Crippen LogP contribution in [0.5, 0.6) is 0 Å². The normalized spacial score (nSPS) is 13.1. The lowest BCUT2D eigenvalue weighted by atomic mass is 10.2. The van der Waals surface area contributed by atoms with Gasteiger partial charge in [0.05, 0.1) is 10.0 Å². The monoisotopic (exact) mass is 274 g/mol. The first-order valence-electron chi connectivity index (χ1n) is 5.89. The predicted octanol–water partition coefficient (Wildman–Crippen LogP) is 3.47. The SMILES string of the molecule is CC(C)NCC(C)NCc1ccc(Cl)c(Cl)c1. The van der Waals surface area contributed by atoms with E-state index in [9.17, 15) is 0 Å². The molecule has 1 aromatic rings. The molecule has 0 aliphatic carbocycles. The minimum Gasteiger partial charge on any atom is -0.313 e. The molecule has 0 saturated heterocycles. The van der Waals surface area contributed by atoms with Crippen LogP contribution in [0.25, 0.3) is 0 Å². The van der Waals surface area contributed by atoms with Crippen molar-refractivity contribution in [3.8, 4) is 0 Å². The van der Waals surface area contributed by atoms with E-state index in [1.807, 2.05) is 18.2 Å². The molecule has 0 amide bonds. The molecule has 96 valence electrons. The van der Waals surface area contributed by atoms with Gasteiger partial charge in [0.1, 0.15) is 0 Å². The van der Waals surface area contributed by atoms with E-state index < -0.39 is 0 Å². The second-order valence-corrected chi connectivity index (χ2v) is 5.41. The highest BCUT2D eigenvalue weighted by atomic mass is 35.5. The highest BCUT2D eigenvalue weighted by Gasteiger charge is 2.03. The number of halogens is 2. The molecule has 0 heterocycles. The average molecular weight is 275 g/mol. The summed E-state index contributed by atoms with van der Waals surface area (Å²) in [4.78, 5) is 0. The first-order chi connectivity index (χ1) is 7.99. The Morgan fingerprint density at radius 1 is 1.06 bits per heavy atom. The number of rotatable bonds is 6. The van der Waals surface area contributed by atoms with Gasteiger partial charge in [0.25, 0.3) is 0 Å². The van der Waals surface area contributed by atoms with Gasteiger partial charge in [-0.3, -0.25) is 0 Å². The Bertz CT molecular complexity index is 353. The molecule has 1 aromatic carbocycles. The van der Waals surface area contributed by atoms with Gasteiger partial charge in [-0.15, -0.1) is 0 Å². The molecule has 1 rings (SSSR count). The summed E-state index contributed by atoms with van der Waals surface area (Å²) in [5.74, 6) is 0. The average Bonchev–Trinajstić information content (AvgIpc) is 2.28. The topological polar surface area (TPSA) is 24.1 Å². The van der Waals surface area contributed by atoms with E-state index in [0.717, 1.165) is 18.7 Å². The van der Waals surface area contributed by atoms with Crippen LogP contribution >= 0.6 is 23.2 Å². The summed E-state index contributed by atoms with van der Waals surface area (Å²) < 4.78 is 0. The van der Waals surface area contributed by atoms with E-state index >= 15 is 0 Å². The van der Waals surface area contributed by atoms with Crippen molar-refractivity contribution in [2.75, 3.05) is 6.54 Å². The minimum atomic E-state index is 0.423. The van der Waals surface area contributed by atoms with E-state index in [0.29, 0.717) is 22.1 Å². The van der Waals surface area contributed by atoms with Crippen LogP contribution in [0.2, 0.25) is 10.0 Å². The van der Waals surface area contributed by atoms with Gasteiger partial charge in [0.15, 0.2) is 0 Å². The van der Waals surface area contributed by atoms with Crippen molar-refractivity contribution in [3.05, 3.63) is 33.8 Å². The van der Waals surface area contributed by atoms with Crippen LogP contribution in [-0.2, 0) is 6.54 Å². The van der Waals surface area contributed by atoms with Gasteiger partial charge < -0.3 is 10.6 Å². The molecule has 0 aliphatic rings. The van der Waals surface area contributed by atoms with Gasteiger partial charge >= 0.3 is 0 Å². The van der Waals surface area contributed by atoms with Crippen LogP contribution in [0.3, 0.4) is 0 Å². The second-order valence-electron chi connectivity index (χ2n) is 4.59. The largest absolute Gasteiger partial charge is 0.313 e. The maximum absolute atomic E-state index is 5.96. The highest BCUT2D eigenvalue weighted by molar-refractivity contribution is 6.42. The standard InChI is InChI=1S/C13H20Cl2N2/c1-9(2)16-7-10(3)17-8-11-4-5-12(14)13(15)6-11/h4-6,9-10,16-17H,7-8H2,1-3H3. The summed E-state index contributed by atoms with van der Waals surface area (Å²) in [5, 5.41) is 8.04. The molecular weight excluding hydrogens is 255 g/mol. The maximum atomic E-state index is 5.96. The van der Waals surface area contributed by atoms with Crippen LogP contribution in [0.15, 0.2) is 18.2 Å². The number of benzene rings is 1. The molecule has 1 unspecified atom stereocenters. The lowest BCUT2D eigenvalue weighted by Gasteiger charge is -2.16. The fourth-order valence-corrected chi connectivity index (χ4v) is 1.75. The molecule has 1 atom stereocenters. The van der Waals surface area contributed by atoms with Gasteiger partial charge in [-0.05, 0) is 24.6 Å². The van der Waals surface area contributed by atoms with Crippen LogP contribution in [-0.4, -0.2) is 18.6 Å². The fourth-order valence-electron chi connectivity index (χ4n) is 1.43. The van der Waals surface area contributed by atoms with Crippen molar-refractivity contribution < 1.29 is 0 Å². The van der Waals surface area contributed by atoms with Crippen molar-refractivity contribution in [2.24, 2.45) is 0 Å². The summed E-state index contributed by atoms with van der Waals surface area (Å²) >= 11 is 11.8. The summed E-state index contributed by atoms with van der Waals surface area (Å²) in [5.41, 5.74) is 1.15. The van der Waals surface area contributed by atoms with Gasteiger partial charge in [-0.1, -0.05) is 43.1 Å². The Hall–Kier alpha value is -0.280. The third-order valence-electron chi connectivity index (χ3n) is 2.47. The first kappa shape index (κ1) is 14.8. The zero-order chi connectivity index (χ0) is 12.8. The molecule has 0 aromatic heterocycles. The van der Waals surface area contributed by atoms with Crippen molar-refractivity contribution in [3.63, 3.8) is 0 Å². The lowest BCUT2D eigenvalue weighted by molar-refractivity contribution is 0.474. The second kappa shape index (κ2) is 7.22. The predicted molar refractivity (Wildman–Crippen MR) is 75.9 cm³/mol. The smallest absolute Gasteiger partial charge is 0.0595 e. The molecule has 2 N–H and O–H groups in total. The van der Waals surface area contributed by atoms with E-state index in [1.165, 1.54) is 0 Å². The molecule has 0 radical (unpaired) electrons. The van der Waals surface area contributed by atoms with Crippen molar-refractivity contribution in [1.29, 1.82) is 0 Å². The Balaban J connectivity index is 2.36. The third kappa shape index (κ3) is 5.73. The zero-order valence-electron chi connectivity index (χ0n) is 10.6. The van der Waals surface area contributed by atoms with E-state index in [2.05, 4.69) is 31.4 Å². The van der Waals surface area contributed by atoms with Crippen molar-refractivity contribution in [1.82, 2.24) is 10.6 Å². The molecule has 17 heavy (non-hydrogen) atoms. The molecular formula is C13H20Cl2N2. The minimum absolute atomic E-state index is 0.423. The molecule has 0 spiro atoms. The Morgan fingerprint density at radius 2 is 1.76 bits per heavy atom. The molecule has 2 nitrogen and oxygen atoms in total. The van der Waals surface area contributed by atoms with Crippen molar-refractivity contribution in [2.45, 2.75) is 39.4 Å². The Kier molecular flexibility index (Phi) is 6.28. The summed E-state index contributed by atoms with van der Waals surface area (Å²) in [6.07, 6.45) is 0. The fraction of sp³-hybridized carbons (Fsp3) is 0.538. The zero-order valence-corrected chi connectivity index (χ0v) is 12.1. The van der Waals surface area contributed by atoms with Gasteiger partial charge in [0.2, 0.25) is 0 Å². The molecule has 0 aliphatic heterocycles. The van der Waals surface area contributed by atoms with Crippen LogP contribution < -0.4 is 10.6 Å². The number of nitrogens with one attached hydrogen (secondary N) is 2. The van der Waals surface area contributed by atoms with Gasteiger partial charge in [-0.25, -0.2) is 0 Å². The highest BCUT2D eigenvalue weighted by Crippen LogP contribution is 2.22. The number of hydrogen-bond donors (Lipinski definition) is 2. The molecule has 4 heteroatoms. The quantitative estimate of drug-likeness (QED) is 0.830. The summed E-state index contributed by atoms with van der Waals surface area (Å²) in [7, 11) is 0. The number of hydrogen-bond acceptors (Lipinski definition) is 2.